The van der Waals surface area contributed by atoms with E-state index in [0.717, 1.165) is 35.6 Å². The van der Waals surface area contributed by atoms with Crippen molar-refractivity contribution in [3.05, 3.63) is 181 Å². The van der Waals surface area contributed by atoms with Crippen LogP contribution in [-0.4, -0.2) is 4.57 Å². The van der Waals surface area contributed by atoms with Crippen LogP contribution >= 0.6 is 0 Å². The van der Waals surface area contributed by atoms with Crippen molar-refractivity contribution in [3.8, 4) is 27.9 Å². The molecule has 232 valence electrons. The second-order valence-electron chi connectivity index (χ2n) is 12.3. The summed E-state index contributed by atoms with van der Waals surface area (Å²) in [7, 11) is 0. The molecule has 1 heterocycles. The molecule has 0 radical (unpaired) electrons. The Morgan fingerprint density at radius 2 is 0.917 bits per heavy atom. The molecule has 0 unspecified atom stereocenters. The van der Waals surface area contributed by atoms with E-state index in [2.05, 4.69) is 193 Å². The Morgan fingerprint density at radius 3 is 1.56 bits per heavy atom. The fourth-order valence-corrected chi connectivity index (χ4v) is 7.20. The molecule has 0 saturated heterocycles. The van der Waals surface area contributed by atoms with Crippen LogP contribution in [0.1, 0.15) is 25.0 Å². The first kappa shape index (κ1) is 29.5. The van der Waals surface area contributed by atoms with Gasteiger partial charge in [0.1, 0.15) is 0 Å². The maximum Gasteiger partial charge on any atom is 0.0541 e. The number of hydrogen-bond acceptors (Lipinski definition) is 1. The summed E-state index contributed by atoms with van der Waals surface area (Å²) in [5.41, 5.74) is 14.8. The zero-order valence-electron chi connectivity index (χ0n) is 27.5. The van der Waals surface area contributed by atoms with Gasteiger partial charge < -0.3 is 9.47 Å². The van der Waals surface area contributed by atoms with Crippen LogP contribution in [0.15, 0.2) is 170 Å². The van der Waals surface area contributed by atoms with Gasteiger partial charge in [0.05, 0.1) is 11.0 Å². The molecule has 8 aromatic rings. The van der Waals surface area contributed by atoms with Crippen molar-refractivity contribution in [3.63, 3.8) is 0 Å². The zero-order chi connectivity index (χ0) is 32.5. The predicted octanol–water partition coefficient (Wildman–Crippen LogP) is 12.7. The number of aryl methyl sites for hydroxylation is 2. The molecule has 0 aliphatic carbocycles. The highest BCUT2D eigenvalue weighted by Crippen LogP contribution is 2.40. The van der Waals surface area contributed by atoms with E-state index in [1.54, 1.807) is 0 Å². The van der Waals surface area contributed by atoms with Gasteiger partial charge >= 0.3 is 0 Å². The minimum absolute atomic E-state index is 0.953. The van der Waals surface area contributed by atoms with Crippen LogP contribution in [-0.2, 0) is 12.8 Å². The molecule has 0 aliphatic rings. The van der Waals surface area contributed by atoms with Crippen LogP contribution in [0.3, 0.4) is 0 Å². The average Bonchev–Trinajstić information content (AvgIpc) is 3.50. The molecule has 0 aliphatic heterocycles. The molecule has 0 atom stereocenters. The Hall–Kier alpha value is -5.86. The first-order valence-corrected chi connectivity index (χ1v) is 17.0. The fraction of sp³-hybridized carbons (Fsp3) is 0.0870. The molecule has 8 rings (SSSR count). The third-order valence-electron chi connectivity index (χ3n) is 9.60. The highest BCUT2D eigenvalue weighted by Gasteiger charge is 2.17. The molecular formula is C46H38N2. The number of nitrogens with zero attached hydrogens (tertiary/aromatic N) is 2. The van der Waals surface area contributed by atoms with Gasteiger partial charge in [0.15, 0.2) is 0 Å². The van der Waals surface area contributed by atoms with E-state index in [4.69, 9.17) is 0 Å². The first-order chi connectivity index (χ1) is 23.7. The molecule has 0 fully saturated rings. The highest BCUT2D eigenvalue weighted by atomic mass is 15.1. The minimum atomic E-state index is 0.953. The number of benzene rings is 7. The maximum atomic E-state index is 2.39. The number of aromatic nitrogens is 1. The normalized spacial score (nSPS) is 11.3. The van der Waals surface area contributed by atoms with Crippen molar-refractivity contribution in [2.75, 3.05) is 4.90 Å². The summed E-state index contributed by atoms with van der Waals surface area (Å²) in [5, 5.41) is 2.54. The standard InChI is InChI=1S/C46H38N2/c1-3-33-14-8-9-17-41(33)42-31-30-40(32-34(42)4-2)47(37-24-22-36(23-25-37)35-15-6-5-7-16-35)38-26-28-39(29-27-38)48-45-20-12-10-18-43(45)44-19-11-13-21-46(44)48/h5-32H,3-4H2,1-2H3. The largest absolute Gasteiger partial charge is 0.310 e. The molecule has 0 amide bonds. The Kier molecular flexibility index (Phi) is 7.84. The summed E-state index contributed by atoms with van der Waals surface area (Å²) in [6, 6.07) is 61.8. The molecular weight excluding hydrogens is 581 g/mol. The zero-order valence-corrected chi connectivity index (χ0v) is 27.5. The third kappa shape index (κ3) is 5.26. The lowest BCUT2D eigenvalue weighted by Crippen LogP contribution is -2.11. The molecule has 7 aromatic carbocycles. The lowest BCUT2D eigenvalue weighted by molar-refractivity contribution is 1.11. The minimum Gasteiger partial charge on any atom is -0.310 e. The van der Waals surface area contributed by atoms with E-state index in [9.17, 15) is 0 Å². The Labute approximate surface area is 283 Å². The molecule has 0 saturated carbocycles. The van der Waals surface area contributed by atoms with Crippen molar-refractivity contribution in [2.45, 2.75) is 26.7 Å². The number of hydrogen-bond donors (Lipinski definition) is 0. The second kappa shape index (κ2) is 12.7. The average molecular weight is 619 g/mol. The van der Waals surface area contributed by atoms with Gasteiger partial charge in [-0.05, 0) is 107 Å². The number of fused-ring (bicyclic) bond motifs is 3. The van der Waals surface area contributed by atoms with Gasteiger partial charge in [-0.25, -0.2) is 0 Å². The molecule has 0 N–H and O–H groups in total. The molecule has 0 spiro atoms. The van der Waals surface area contributed by atoms with Crippen LogP contribution in [0.4, 0.5) is 17.1 Å². The molecule has 1 aromatic heterocycles. The van der Waals surface area contributed by atoms with Crippen molar-refractivity contribution >= 4 is 38.9 Å². The van der Waals surface area contributed by atoms with Crippen molar-refractivity contribution in [1.29, 1.82) is 0 Å². The van der Waals surface area contributed by atoms with E-state index in [1.165, 1.54) is 55.2 Å². The summed E-state index contributed by atoms with van der Waals surface area (Å²) >= 11 is 0. The van der Waals surface area contributed by atoms with Gasteiger partial charge in [0.25, 0.3) is 0 Å². The van der Waals surface area contributed by atoms with Crippen LogP contribution in [0.5, 0.6) is 0 Å². The molecule has 48 heavy (non-hydrogen) atoms. The van der Waals surface area contributed by atoms with Crippen LogP contribution < -0.4 is 4.90 Å². The van der Waals surface area contributed by atoms with Crippen LogP contribution in [0.2, 0.25) is 0 Å². The Balaban J connectivity index is 1.25. The Bertz CT molecular complexity index is 2290. The maximum absolute atomic E-state index is 2.39. The van der Waals surface area contributed by atoms with Gasteiger partial charge in [-0.3, -0.25) is 0 Å². The number of anilines is 3. The van der Waals surface area contributed by atoms with Crippen LogP contribution in [0, 0.1) is 0 Å². The summed E-state index contributed by atoms with van der Waals surface area (Å²) in [5.74, 6) is 0. The van der Waals surface area contributed by atoms with Crippen molar-refractivity contribution in [2.24, 2.45) is 0 Å². The second-order valence-corrected chi connectivity index (χ2v) is 12.3. The monoisotopic (exact) mass is 618 g/mol. The summed E-state index contributed by atoms with van der Waals surface area (Å²) in [4.78, 5) is 2.39. The first-order valence-electron chi connectivity index (χ1n) is 17.0. The van der Waals surface area contributed by atoms with E-state index in [1.807, 2.05) is 0 Å². The molecule has 2 nitrogen and oxygen atoms in total. The van der Waals surface area contributed by atoms with Gasteiger partial charge in [-0.1, -0.05) is 123 Å². The lowest BCUT2D eigenvalue weighted by Gasteiger charge is -2.27. The van der Waals surface area contributed by atoms with E-state index < -0.39 is 0 Å². The Morgan fingerprint density at radius 1 is 0.417 bits per heavy atom. The van der Waals surface area contributed by atoms with E-state index in [-0.39, 0.29) is 0 Å². The third-order valence-corrected chi connectivity index (χ3v) is 9.60. The summed E-state index contributed by atoms with van der Waals surface area (Å²) in [6.07, 6.45) is 1.97. The quantitative estimate of drug-likeness (QED) is 0.164. The number of para-hydroxylation sites is 2. The lowest BCUT2D eigenvalue weighted by atomic mass is 9.92. The van der Waals surface area contributed by atoms with Gasteiger partial charge in [-0.15, -0.1) is 0 Å². The highest BCUT2D eigenvalue weighted by molar-refractivity contribution is 6.09. The topological polar surface area (TPSA) is 8.17 Å². The summed E-state index contributed by atoms with van der Waals surface area (Å²) in [6.45, 7) is 4.50. The van der Waals surface area contributed by atoms with Crippen LogP contribution in [0.25, 0.3) is 49.7 Å². The predicted molar refractivity (Wildman–Crippen MR) is 205 cm³/mol. The van der Waals surface area contributed by atoms with Gasteiger partial charge in [0, 0.05) is 33.5 Å². The van der Waals surface area contributed by atoms with Crippen molar-refractivity contribution < 1.29 is 0 Å². The van der Waals surface area contributed by atoms with Gasteiger partial charge in [0.2, 0.25) is 0 Å². The van der Waals surface area contributed by atoms with Gasteiger partial charge in [-0.2, -0.15) is 0 Å². The molecule has 2 heteroatoms. The smallest absolute Gasteiger partial charge is 0.0541 e. The SMILES string of the molecule is CCc1ccccc1-c1ccc(N(c2ccc(-c3ccccc3)cc2)c2ccc(-n3c4ccccc4c4ccccc43)cc2)cc1CC. The van der Waals surface area contributed by atoms with E-state index in [0.29, 0.717) is 0 Å². The molecule has 0 bridgehead atoms. The fourth-order valence-electron chi connectivity index (χ4n) is 7.20. The summed E-state index contributed by atoms with van der Waals surface area (Å²) < 4.78 is 2.38. The van der Waals surface area contributed by atoms with Crippen molar-refractivity contribution in [1.82, 2.24) is 4.57 Å². The van der Waals surface area contributed by atoms with E-state index >= 15 is 0 Å². The number of rotatable bonds is 8.